The number of aryl methyl sites for hydroxylation is 1. The smallest absolute Gasteiger partial charge is 0.127 e. The normalized spacial score (nSPS) is 33.3. The van der Waals surface area contributed by atoms with Gasteiger partial charge < -0.3 is 9.84 Å². The summed E-state index contributed by atoms with van der Waals surface area (Å²) in [6.45, 7) is 13.9. The minimum Gasteiger partial charge on any atom is -0.508 e. The molecule has 1 N–H and O–H groups in total. The molecule has 2 unspecified atom stereocenters. The van der Waals surface area contributed by atoms with Crippen LogP contribution in [0.3, 0.4) is 0 Å². The van der Waals surface area contributed by atoms with Crippen molar-refractivity contribution in [3.63, 3.8) is 0 Å². The first kappa shape index (κ1) is 18.6. The molecule has 1 aromatic rings. The van der Waals surface area contributed by atoms with E-state index < -0.39 is 0 Å². The molecule has 1 aromatic carbocycles. The molecule has 0 radical (unpaired) electrons. The van der Waals surface area contributed by atoms with Crippen LogP contribution in [0.1, 0.15) is 90.7 Å². The molecule has 140 valence electrons. The number of phenols is 1. The van der Waals surface area contributed by atoms with Crippen molar-refractivity contribution in [2.75, 3.05) is 0 Å². The number of rotatable bonds is 4. The lowest BCUT2D eigenvalue weighted by atomic mass is 9.63. The topological polar surface area (TPSA) is 29.5 Å². The first-order valence-electron chi connectivity index (χ1n) is 10.3. The van der Waals surface area contributed by atoms with Crippen LogP contribution in [0.4, 0.5) is 0 Å². The third-order valence-electron chi connectivity index (χ3n) is 7.62. The highest BCUT2D eigenvalue weighted by Gasteiger charge is 2.53. The van der Waals surface area contributed by atoms with Gasteiger partial charge in [-0.05, 0) is 73.5 Å². The second kappa shape index (κ2) is 6.52. The van der Waals surface area contributed by atoms with Crippen molar-refractivity contribution in [3.05, 3.63) is 23.3 Å². The maximum absolute atomic E-state index is 10.9. The Hall–Kier alpha value is -1.18. The Labute approximate surface area is 154 Å². The zero-order chi connectivity index (χ0) is 18.4. The van der Waals surface area contributed by atoms with Crippen LogP contribution < -0.4 is 4.74 Å². The summed E-state index contributed by atoms with van der Waals surface area (Å²) < 4.78 is 6.66. The molecule has 2 bridgehead atoms. The van der Waals surface area contributed by atoms with Gasteiger partial charge in [0, 0.05) is 5.56 Å². The predicted molar refractivity (Wildman–Crippen MR) is 104 cm³/mol. The van der Waals surface area contributed by atoms with E-state index in [-0.39, 0.29) is 16.9 Å². The molecule has 0 saturated heterocycles. The molecular formula is C23H36O2. The standard InChI is InChI=1S/C23H36O2/c1-7-8-9-10-17-13-19(24)21-16(3)22(4,5)18-11-12-23(6,15(18)2)25-20(21)14-17/h13-16,18,24H,7-12H2,1-6H3/t15?,16?,18-,23+/m0/s1. The molecule has 25 heavy (non-hydrogen) atoms. The van der Waals surface area contributed by atoms with Crippen molar-refractivity contribution in [2.45, 2.75) is 91.6 Å². The van der Waals surface area contributed by atoms with E-state index in [1.54, 1.807) is 0 Å². The van der Waals surface area contributed by atoms with Gasteiger partial charge in [-0.15, -0.1) is 0 Å². The number of unbranched alkanes of at least 4 members (excludes halogenated alkanes) is 2. The molecule has 2 nitrogen and oxygen atoms in total. The van der Waals surface area contributed by atoms with Crippen LogP contribution in [0.15, 0.2) is 12.1 Å². The van der Waals surface area contributed by atoms with E-state index in [1.807, 2.05) is 6.07 Å². The molecule has 0 aromatic heterocycles. The van der Waals surface area contributed by atoms with Crippen LogP contribution in [0.2, 0.25) is 0 Å². The SMILES string of the molecule is CCCCCc1cc(O)c2c(c1)O[C@]1(C)CC[C@@H](C1C)C(C)(C)C2C. The zero-order valence-electron chi connectivity index (χ0n) is 17.0. The lowest BCUT2D eigenvalue weighted by Crippen LogP contribution is -2.43. The molecule has 1 fully saturated rings. The number of hydrogen-bond acceptors (Lipinski definition) is 2. The highest BCUT2D eigenvalue weighted by atomic mass is 16.5. The van der Waals surface area contributed by atoms with Gasteiger partial charge in [0.15, 0.2) is 0 Å². The Morgan fingerprint density at radius 2 is 1.88 bits per heavy atom. The number of aromatic hydroxyl groups is 1. The maximum Gasteiger partial charge on any atom is 0.127 e. The zero-order valence-corrected chi connectivity index (χ0v) is 17.0. The van der Waals surface area contributed by atoms with E-state index in [1.165, 1.54) is 31.2 Å². The molecule has 1 saturated carbocycles. The average molecular weight is 345 g/mol. The van der Waals surface area contributed by atoms with Crippen molar-refractivity contribution < 1.29 is 9.84 Å². The fraction of sp³-hybridized carbons (Fsp3) is 0.739. The van der Waals surface area contributed by atoms with E-state index in [2.05, 4.69) is 47.6 Å². The molecule has 3 rings (SSSR count). The molecule has 2 heteroatoms. The van der Waals surface area contributed by atoms with E-state index in [0.717, 1.165) is 24.2 Å². The second-order valence-electron chi connectivity index (χ2n) is 9.38. The van der Waals surface area contributed by atoms with Crippen molar-refractivity contribution >= 4 is 0 Å². The molecule has 0 spiro atoms. The van der Waals surface area contributed by atoms with Crippen LogP contribution in [0.5, 0.6) is 11.5 Å². The van der Waals surface area contributed by atoms with E-state index in [0.29, 0.717) is 17.6 Å². The summed E-state index contributed by atoms with van der Waals surface area (Å²) in [5.74, 6) is 2.81. The summed E-state index contributed by atoms with van der Waals surface area (Å²) in [5.41, 5.74) is 2.26. The van der Waals surface area contributed by atoms with Gasteiger partial charge in [-0.1, -0.05) is 47.5 Å². The van der Waals surface area contributed by atoms with Gasteiger partial charge in [0.2, 0.25) is 0 Å². The third-order valence-corrected chi connectivity index (χ3v) is 7.62. The van der Waals surface area contributed by atoms with Crippen LogP contribution in [-0.2, 0) is 6.42 Å². The van der Waals surface area contributed by atoms with Gasteiger partial charge >= 0.3 is 0 Å². The Bertz CT molecular complexity index is 633. The van der Waals surface area contributed by atoms with Gasteiger partial charge in [-0.3, -0.25) is 0 Å². The number of benzene rings is 1. The predicted octanol–water partition coefficient (Wildman–Crippen LogP) is 6.45. The number of fused-ring (bicyclic) bond motifs is 3. The van der Waals surface area contributed by atoms with E-state index >= 15 is 0 Å². The summed E-state index contributed by atoms with van der Waals surface area (Å²) in [6.07, 6.45) is 6.97. The van der Waals surface area contributed by atoms with Crippen molar-refractivity contribution in [1.29, 1.82) is 0 Å². The molecule has 0 amide bonds. The number of ether oxygens (including phenoxy) is 1. The first-order valence-corrected chi connectivity index (χ1v) is 10.3. The minimum atomic E-state index is -0.120. The fourth-order valence-electron chi connectivity index (χ4n) is 5.36. The lowest BCUT2D eigenvalue weighted by Gasteiger charge is -2.46. The molecular weight excluding hydrogens is 308 g/mol. The maximum atomic E-state index is 10.9. The lowest BCUT2D eigenvalue weighted by molar-refractivity contribution is 0.00605. The van der Waals surface area contributed by atoms with Crippen molar-refractivity contribution in [1.82, 2.24) is 0 Å². The molecule has 2 aliphatic rings. The van der Waals surface area contributed by atoms with Crippen LogP contribution in [-0.4, -0.2) is 10.7 Å². The third kappa shape index (κ3) is 3.06. The molecule has 4 atom stereocenters. The number of phenolic OH excluding ortho intramolecular Hbond substituents is 1. The van der Waals surface area contributed by atoms with Crippen LogP contribution in [0.25, 0.3) is 0 Å². The highest BCUT2D eigenvalue weighted by Crippen LogP contribution is 2.59. The van der Waals surface area contributed by atoms with Crippen molar-refractivity contribution in [3.8, 4) is 11.5 Å². The van der Waals surface area contributed by atoms with Gasteiger partial charge in [-0.2, -0.15) is 0 Å². The quantitative estimate of drug-likeness (QED) is 0.636. The summed E-state index contributed by atoms with van der Waals surface area (Å²) in [6, 6.07) is 4.20. The van der Waals surface area contributed by atoms with Gasteiger partial charge in [0.05, 0.1) is 0 Å². The minimum absolute atomic E-state index is 0.120. The Morgan fingerprint density at radius 1 is 1.16 bits per heavy atom. The van der Waals surface area contributed by atoms with Crippen molar-refractivity contribution in [2.24, 2.45) is 17.3 Å². The monoisotopic (exact) mass is 344 g/mol. The van der Waals surface area contributed by atoms with Gasteiger partial charge in [0.1, 0.15) is 17.1 Å². The van der Waals surface area contributed by atoms with Gasteiger partial charge in [0.25, 0.3) is 0 Å². The fourth-order valence-corrected chi connectivity index (χ4v) is 5.36. The second-order valence-corrected chi connectivity index (χ2v) is 9.38. The van der Waals surface area contributed by atoms with Crippen LogP contribution in [0, 0.1) is 17.3 Å². The highest BCUT2D eigenvalue weighted by molar-refractivity contribution is 5.51. The Kier molecular flexibility index (Phi) is 4.85. The molecule has 1 heterocycles. The Morgan fingerprint density at radius 3 is 2.56 bits per heavy atom. The van der Waals surface area contributed by atoms with Gasteiger partial charge in [-0.25, -0.2) is 0 Å². The van der Waals surface area contributed by atoms with Crippen LogP contribution >= 0.6 is 0 Å². The molecule has 1 aliphatic carbocycles. The summed E-state index contributed by atoms with van der Waals surface area (Å²) in [5, 5.41) is 10.9. The summed E-state index contributed by atoms with van der Waals surface area (Å²) in [7, 11) is 0. The number of hydrogen-bond donors (Lipinski definition) is 1. The molecule has 1 aliphatic heterocycles. The summed E-state index contributed by atoms with van der Waals surface area (Å²) >= 11 is 0. The Balaban J connectivity index is 2.06. The first-order chi connectivity index (χ1) is 11.7. The summed E-state index contributed by atoms with van der Waals surface area (Å²) in [4.78, 5) is 0. The average Bonchev–Trinajstić information content (AvgIpc) is 2.83. The van der Waals surface area contributed by atoms with E-state index in [9.17, 15) is 5.11 Å². The van der Waals surface area contributed by atoms with E-state index in [4.69, 9.17) is 4.74 Å². The largest absolute Gasteiger partial charge is 0.508 e.